The maximum Gasteiger partial charge on any atom is 0.239 e. The standard InChI is InChI=1S/C33H38N7O2/c1-21(2)17-31(41)40-16-4-6-29(40)32-36-19-28(38-32)25-13-9-23(10-14-25)22-7-11-24(12-8-22)27-18-35-30(37-27)20-39-15-3-5-26(34)33(39)42/h7-14,17-19,21,26,29H,3-6,15-16,20,34H2,1-2H3,(H,35,37)(H,36,38). The average molecular weight is 565 g/mol. The van der Waals surface area contributed by atoms with Gasteiger partial charge in [0.25, 0.3) is 0 Å². The van der Waals surface area contributed by atoms with E-state index in [0.29, 0.717) is 6.54 Å². The fourth-order valence-corrected chi connectivity index (χ4v) is 5.93. The van der Waals surface area contributed by atoms with E-state index < -0.39 is 6.04 Å². The van der Waals surface area contributed by atoms with E-state index in [4.69, 9.17) is 5.73 Å². The summed E-state index contributed by atoms with van der Waals surface area (Å²) in [5.74, 6) is 1.92. The summed E-state index contributed by atoms with van der Waals surface area (Å²) >= 11 is 0. The number of nitrogens with one attached hydrogen (secondary N) is 2. The van der Waals surface area contributed by atoms with Crippen molar-refractivity contribution in [2.75, 3.05) is 13.1 Å². The summed E-state index contributed by atoms with van der Waals surface area (Å²) < 4.78 is 0. The molecule has 6 rings (SSSR count). The molecular weight excluding hydrogens is 526 g/mol. The molecule has 9 heteroatoms. The lowest BCUT2D eigenvalue weighted by atomic mass is 10.0. The first-order valence-corrected chi connectivity index (χ1v) is 14.9. The van der Waals surface area contributed by atoms with Crippen LogP contribution in [0.15, 0.2) is 60.9 Å². The lowest BCUT2D eigenvalue weighted by Gasteiger charge is -2.29. The minimum atomic E-state index is -0.403. The quantitative estimate of drug-likeness (QED) is 0.274. The zero-order valence-corrected chi connectivity index (χ0v) is 24.2. The first kappa shape index (κ1) is 27.9. The highest BCUT2D eigenvalue weighted by atomic mass is 16.2. The molecule has 2 unspecified atom stereocenters. The van der Waals surface area contributed by atoms with Crippen LogP contribution in [-0.2, 0) is 16.1 Å². The average Bonchev–Trinajstić information content (AvgIpc) is 3.76. The van der Waals surface area contributed by atoms with Gasteiger partial charge in [-0.15, -0.1) is 0 Å². The summed E-state index contributed by atoms with van der Waals surface area (Å²) in [4.78, 5) is 44.7. The number of carbonyl (C=O) groups is 2. The summed E-state index contributed by atoms with van der Waals surface area (Å²) in [5.41, 5.74) is 12.1. The monoisotopic (exact) mass is 564 g/mol. The highest BCUT2D eigenvalue weighted by Crippen LogP contribution is 2.33. The number of hydrogen-bond donors (Lipinski definition) is 3. The molecule has 2 aromatic carbocycles. The van der Waals surface area contributed by atoms with Gasteiger partial charge in [0, 0.05) is 13.1 Å². The van der Waals surface area contributed by atoms with E-state index in [9.17, 15) is 9.59 Å². The molecule has 2 fully saturated rings. The smallest absolute Gasteiger partial charge is 0.239 e. The van der Waals surface area contributed by atoms with E-state index >= 15 is 0 Å². The van der Waals surface area contributed by atoms with Crippen molar-refractivity contribution in [3.8, 4) is 33.6 Å². The Bertz CT molecular complexity index is 1540. The van der Waals surface area contributed by atoms with Gasteiger partial charge in [-0.2, -0.15) is 0 Å². The van der Waals surface area contributed by atoms with Crippen LogP contribution in [0.4, 0.5) is 0 Å². The van der Waals surface area contributed by atoms with E-state index in [1.165, 1.54) is 0 Å². The Hall–Kier alpha value is -4.24. The number of likely N-dealkylation sites (tertiary alicyclic amines) is 2. The number of piperidine rings is 1. The second kappa shape index (κ2) is 11.9. The topological polar surface area (TPSA) is 124 Å². The van der Waals surface area contributed by atoms with E-state index in [0.717, 1.165) is 84.1 Å². The van der Waals surface area contributed by atoms with Gasteiger partial charge in [-0.3, -0.25) is 9.59 Å². The van der Waals surface area contributed by atoms with Gasteiger partial charge in [0.05, 0.1) is 48.8 Å². The fraction of sp³-hybridized carbons (Fsp3) is 0.364. The minimum absolute atomic E-state index is 0.00412. The summed E-state index contributed by atoms with van der Waals surface area (Å²) in [7, 11) is 0. The molecule has 2 aromatic heterocycles. The summed E-state index contributed by atoms with van der Waals surface area (Å²) in [6.45, 7) is 5.99. The minimum Gasteiger partial charge on any atom is -0.341 e. The molecule has 0 aliphatic carbocycles. The largest absolute Gasteiger partial charge is 0.341 e. The number of aromatic nitrogens is 4. The molecule has 4 heterocycles. The van der Waals surface area contributed by atoms with Crippen molar-refractivity contribution in [2.24, 2.45) is 11.7 Å². The number of imidazole rings is 2. The number of amides is 2. The third kappa shape index (κ3) is 5.87. The van der Waals surface area contributed by atoms with E-state index in [2.05, 4.69) is 68.5 Å². The molecule has 2 amide bonds. The van der Waals surface area contributed by atoms with Crippen LogP contribution in [0.2, 0.25) is 0 Å². The Morgan fingerprint density at radius 1 is 0.905 bits per heavy atom. The molecule has 1 radical (unpaired) electrons. The molecular formula is C33H38N7O2. The van der Waals surface area contributed by atoms with E-state index in [1.807, 2.05) is 31.1 Å². The predicted molar refractivity (Wildman–Crippen MR) is 162 cm³/mol. The van der Waals surface area contributed by atoms with E-state index in [-0.39, 0.29) is 23.8 Å². The number of rotatable bonds is 8. The highest BCUT2D eigenvalue weighted by molar-refractivity contribution is 5.85. The van der Waals surface area contributed by atoms with Crippen molar-refractivity contribution in [3.05, 3.63) is 79.0 Å². The summed E-state index contributed by atoms with van der Waals surface area (Å²) in [5, 5.41) is 0. The first-order valence-electron chi connectivity index (χ1n) is 14.9. The van der Waals surface area contributed by atoms with Crippen LogP contribution in [0.3, 0.4) is 0 Å². The summed E-state index contributed by atoms with van der Waals surface area (Å²) in [6, 6.07) is 16.4. The molecule has 2 aliphatic rings. The van der Waals surface area contributed by atoms with Crippen LogP contribution < -0.4 is 5.73 Å². The van der Waals surface area contributed by atoms with Crippen molar-refractivity contribution in [3.63, 3.8) is 0 Å². The second-order valence-electron chi connectivity index (χ2n) is 11.7. The lowest BCUT2D eigenvalue weighted by Crippen LogP contribution is -2.47. The maximum atomic E-state index is 12.7. The number of hydrogen-bond acceptors (Lipinski definition) is 5. The molecule has 2 saturated heterocycles. The molecule has 2 atom stereocenters. The summed E-state index contributed by atoms with van der Waals surface area (Å²) in [6.07, 6.45) is 9.04. The Morgan fingerprint density at radius 3 is 2.17 bits per heavy atom. The second-order valence-corrected chi connectivity index (χ2v) is 11.7. The van der Waals surface area contributed by atoms with Crippen LogP contribution >= 0.6 is 0 Å². The van der Waals surface area contributed by atoms with Gasteiger partial charge in [0.15, 0.2) is 0 Å². The first-order chi connectivity index (χ1) is 20.4. The number of carbonyl (C=O) groups excluding carboxylic acids is 2. The number of nitrogens with zero attached hydrogens (tertiary/aromatic N) is 4. The molecule has 4 N–H and O–H groups in total. The fourth-order valence-electron chi connectivity index (χ4n) is 5.93. The Kier molecular flexibility index (Phi) is 7.93. The zero-order valence-electron chi connectivity index (χ0n) is 24.2. The van der Waals surface area contributed by atoms with Crippen LogP contribution in [0, 0.1) is 12.3 Å². The van der Waals surface area contributed by atoms with Gasteiger partial charge in [0.1, 0.15) is 11.6 Å². The number of H-pyrrole nitrogens is 2. The highest BCUT2D eigenvalue weighted by Gasteiger charge is 2.32. The molecule has 2 aliphatic heterocycles. The van der Waals surface area contributed by atoms with Gasteiger partial charge in [-0.25, -0.2) is 9.97 Å². The van der Waals surface area contributed by atoms with Gasteiger partial charge >= 0.3 is 0 Å². The van der Waals surface area contributed by atoms with Crippen LogP contribution in [0.1, 0.15) is 57.2 Å². The molecule has 0 spiro atoms. The van der Waals surface area contributed by atoms with Gasteiger partial charge in [-0.05, 0) is 53.9 Å². The molecule has 0 saturated carbocycles. The number of aromatic amines is 2. The molecule has 4 aromatic rings. The molecule has 42 heavy (non-hydrogen) atoms. The van der Waals surface area contributed by atoms with Crippen LogP contribution in [0.5, 0.6) is 0 Å². The SMILES string of the molecule is CC(C)[CH]C(=O)N1CCCC1c1ncc(-c2ccc(-c3ccc(-c4cnc(CN5CCCC(N)C5=O)[nH]4)cc3)cc2)[nH]1. The third-order valence-corrected chi connectivity index (χ3v) is 8.19. The van der Waals surface area contributed by atoms with Crippen molar-refractivity contribution in [1.29, 1.82) is 0 Å². The lowest BCUT2D eigenvalue weighted by molar-refractivity contribution is -0.135. The van der Waals surface area contributed by atoms with Crippen LogP contribution in [-0.4, -0.2) is 60.7 Å². The molecule has 0 bridgehead atoms. The Labute approximate surface area is 246 Å². The number of benzene rings is 2. The van der Waals surface area contributed by atoms with Crippen molar-refractivity contribution >= 4 is 11.8 Å². The molecule has 217 valence electrons. The van der Waals surface area contributed by atoms with Crippen LogP contribution in [0.25, 0.3) is 33.6 Å². The van der Waals surface area contributed by atoms with Crippen molar-refractivity contribution in [2.45, 2.75) is 58.2 Å². The Balaban J connectivity index is 1.10. The Morgan fingerprint density at radius 2 is 1.50 bits per heavy atom. The van der Waals surface area contributed by atoms with E-state index in [1.54, 1.807) is 11.3 Å². The predicted octanol–water partition coefficient (Wildman–Crippen LogP) is 5.11. The maximum absolute atomic E-state index is 12.7. The van der Waals surface area contributed by atoms with Gasteiger partial charge in [-0.1, -0.05) is 62.4 Å². The number of nitrogens with two attached hydrogens (primary N) is 1. The van der Waals surface area contributed by atoms with Crippen molar-refractivity contribution in [1.82, 2.24) is 29.7 Å². The normalized spacial score (nSPS) is 19.2. The van der Waals surface area contributed by atoms with Gasteiger partial charge in [0.2, 0.25) is 11.8 Å². The molecule has 9 nitrogen and oxygen atoms in total. The zero-order chi connectivity index (χ0) is 29.2. The van der Waals surface area contributed by atoms with Crippen molar-refractivity contribution < 1.29 is 9.59 Å². The van der Waals surface area contributed by atoms with Gasteiger partial charge < -0.3 is 25.5 Å². The third-order valence-electron chi connectivity index (χ3n) is 8.19.